The quantitative estimate of drug-likeness (QED) is 0.726. The molecule has 74 valence electrons. The molecule has 0 bridgehead atoms. The van der Waals surface area contributed by atoms with Gasteiger partial charge in [0.25, 0.3) is 0 Å². The number of benzene rings is 1. The monoisotopic (exact) mass is 192 g/mol. The maximum atomic E-state index is 10.8. The van der Waals surface area contributed by atoms with Gasteiger partial charge in [-0.2, -0.15) is 0 Å². The average molecular weight is 192 g/mol. The Bertz CT molecular complexity index is 306. The lowest BCUT2D eigenvalue weighted by Crippen LogP contribution is -2.15. The summed E-state index contributed by atoms with van der Waals surface area (Å²) in [6, 6.07) is 8.84. The number of carboxylic acids is 1. The molecule has 0 saturated heterocycles. The number of hydrogen-bond acceptors (Lipinski definition) is 2. The molecule has 3 heteroatoms. The molecule has 3 nitrogen and oxygen atoms in total. The fourth-order valence-corrected chi connectivity index (χ4v) is 1.10. The lowest BCUT2D eigenvalue weighted by molar-refractivity contribution is -0.150. The highest BCUT2D eigenvalue weighted by atomic mass is 16.5. The Morgan fingerprint density at radius 3 is 2.64 bits per heavy atom. The second kappa shape index (κ2) is 5.19. The Hall–Kier alpha value is -1.61. The van der Waals surface area contributed by atoms with Crippen LogP contribution >= 0.6 is 0 Å². The van der Waals surface area contributed by atoms with Crippen molar-refractivity contribution in [3.63, 3.8) is 0 Å². The molecule has 0 fully saturated rings. The van der Waals surface area contributed by atoms with E-state index in [2.05, 4.69) is 6.58 Å². The second-order valence-electron chi connectivity index (χ2n) is 2.75. The predicted molar refractivity (Wildman–Crippen MR) is 53.0 cm³/mol. The third-order valence-corrected chi connectivity index (χ3v) is 1.71. The minimum Gasteiger partial charge on any atom is -0.479 e. The molecule has 0 radical (unpaired) electrons. The van der Waals surface area contributed by atoms with Crippen molar-refractivity contribution in [2.24, 2.45) is 0 Å². The minimum absolute atomic E-state index is 0.228. The van der Waals surface area contributed by atoms with Gasteiger partial charge >= 0.3 is 5.97 Å². The Morgan fingerprint density at radius 2 is 2.14 bits per heavy atom. The summed E-state index contributed by atoms with van der Waals surface area (Å²) in [6.07, 6.45) is 0.619. The van der Waals surface area contributed by atoms with Crippen molar-refractivity contribution in [2.75, 3.05) is 6.61 Å². The maximum absolute atomic E-state index is 10.8. The molecule has 0 aliphatic rings. The molecule has 0 aromatic heterocycles. The van der Waals surface area contributed by atoms with Crippen LogP contribution in [0.4, 0.5) is 0 Å². The summed E-state index contributed by atoms with van der Waals surface area (Å²) in [7, 11) is 0. The standard InChI is InChI=1S/C11H12O3/c1-2-8-14-10(11(12)13)9-6-4-3-5-7-9/h2-7,10H,1,8H2,(H,12,13)/t10-/m1/s1. The summed E-state index contributed by atoms with van der Waals surface area (Å²) in [6.45, 7) is 3.70. The fourth-order valence-electron chi connectivity index (χ4n) is 1.10. The predicted octanol–water partition coefficient (Wildman–Crippen LogP) is 2.01. The van der Waals surface area contributed by atoms with Crippen molar-refractivity contribution in [1.82, 2.24) is 0 Å². The van der Waals surface area contributed by atoms with Gasteiger partial charge in [0.2, 0.25) is 0 Å². The molecular formula is C11H12O3. The van der Waals surface area contributed by atoms with Crippen molar-refractivity contribution in [3.8, 4) is 0 Å². The molecule has 1 aromatic carbocycles. The maximum Gasteiger partial charge on any atom is 0.337 e. The van der Waals surface area contributed by atoms with Gasteiger partial charge in [0.05, 0.1) is 6.61 Å². The van der Waals surface area contributed by atoms with Gasteiger partial charge in [-0.25, -0.2) is 4.79 Å². The van der Waals surface area contributed by atoms with Gasteiger partial charge in [0.1, 0.15) is 0 Å². The SMILES string of the molecule is C=CCO[C@@H](C(=O)O)c1ccccc1. The highest BCUT2D eigenvalue weighted by Crippen LogP contribution is 2.16. The number of rotatable bonds is 5. The van der Waals surface area contributed by atoms with Crippen molar-refractivity contribution in [3.05, 3.63) is 48.6 Å². The third-order valence-electron chi connectivity index (χ3n) is 1.71. The van der Waals surface area contributed by atoms with Crippen LogP contribution in [0.2, 0.25) is 0 Å². The minimum atomic E-state index is -0.988. The first-order valence-corrected chi connectivity index (χ1v) is 4.26. The van der Waals surface area contributed by atoms with E-state index in [9.17, 15) is 4.79 Å². The van der Waals surface area contributed by atoms with Gasteiger partial charge in [-0.3, -0.25) is 0 Å². The normalized spacial score (nSPS) is 12.0. The zero-order valence-corrected chi connectivity index (χ0v) is 7.72. The lowest BCUT2D eigenvalue weighted by Gasteiger charge is -2.12. The fraction of sp³-hybridized carbons (Fsp3) is 0.182. The van der Waals surface area contributed by atoms with Gasteiger partial charge in [0, 0.05) is 0 Å². The van der Waals surface area contributed by atoms with E-state index >= 15 is 0 Å². The summed E-state index contributed by atoms with van der Waals surface area (Å²) >= 11 is 0. The van der Waals surface area contributed by atoms with Gasteiger partial charge in [0.15, 0.2) is 6.10 Å². The molecule has 1 N–H and O–H groups in total. The molecule has 0 heterocycles. The van der Waals surface area contributed by atoms with E-state index in [0.717, 1.165) is 0 Å². The molecule has 0 unspecified atom stereocenters. The van der Waals surface area contributed by atoms with E-state index in [0.29, 0.717) is 5.56 Å². The van der Waals surface area contributed by atoms with Crippen LogP contribution < -0.4 is 0 Å². The topological polar surface area (TPSA) is 46.5 Å². The van der Waals surface area contributed by atoms with Crippen molar-refractivity contribution >= 4 is 5.97 Å². The zero-order valence-electron chi connectivity index (χ0n) is 7.72. The number of carbonyl (C=O) groups is 1. The highest BCUT2D eigenvalue weighted by Gasteiger charge is 2.19. The summed E-state index contributed by atoms with van der Waals surface area (Å²) < 4.78 is 5.12. The smallest absolute Gasteiger partial charge is 0.337 e. The van der Waals surface area contributed by atoms with Crippen LogP contribution in [0.1, 0.15) is 11.7 Å². The van der Waals surface area contributed by atoms with E-state index < -0.39 is 12.1 Å². The number of carboxylic acid groups (broad SMARTS) is 1. The van der Waals surface area contributed by atoms with Crippen LogP contribution in [-0.4, -0.2) is 17.7 Å². The Labute approximate surface area is 82.6 Å². The number of hydrogen-bond donors (Lipinski definition) is 1. The summed E-state index contributed by atoms with van der Waals surface area (Å²) in [5.41, 5.74) is 0.641. The first-order valence-electron chi connectivity index (χ1n) is 4.26. The molecule has 0 aliphatic heterocycles. The van der Waals surface area contributed by atoms with Crippen LogP contribution in [0.25, 0.3) is 0 Å². The van der Waals surface area contributed by atoms with Crippen LogP contribution in [0, 0.1) is 0 Å². The summed E-state index contributed by atoms with van der Waals surface area (Å²) in [5, 5.41) is 8.89. The van der Waals surface area contributed by atoms with Gasteiger partial charge < -0.3 is 9.84 Å². The highest BCUT2D eigenvalue weighted by molar-refractivity contribution is 5.74. The molecule has 1 rings (SSSR count). The summed E-state index contributed by atoms with van der Waals surface area (Å²) in [4.78, 5) is 10.8. The zero-order chi connectivity index (χ0) is 10.4. The Balaban J connectivity index is 2.78. The van der Waals surface area contributed by atoms with Crippen LogP contribution in [-0.2, 0) is 9.53 Å². The van der Waals surface area contributed by atoms with Crippen LogP contribution in [0.15, 0.2) is 43.0 Å². The molecule has 1 atom stereocenters. The van der Waals surface area contributed by atoms with Gasteiger partial charge in [-0.05, 0) is 5.56 Å². The van der Waals surface area contributed by atoms with Crippen molar-refractivity contribution in [1.29, 1.82) is 0 Å². The first-order chi connectivity index (χ1) is 6.75. The lowest BCUT2D eigenvalue weighted by atomic mass is 10.1. The van der Waals surface area contributed by atoms with E-state index in [1.165, 1.54) is 6.08 Å². The molecule has 14 heavy (non-hydrogen) atoms. The van der Waals surface area contributed by atoms with Crippen LogP contribution in [0.5, 0.6) is 0 Å². The average Bonchev–Trinajstić information content (AvgIpc) is 2.19. The largest absolute Gasteiger partial charge is 0.479 e. The van der Waals surface area contributed by atoms with E-state index in [4.69, 9.17) is 9.84 Å². The van der Waals surface area contributed by atoms with E-state index in [1.54, 1.807) is 24.3 Å². The number of aliphatic carboxylic acids is 1. The van der Waals surface area contributed by atoms with Gasteiger partial charge in [-0.1, -0.05) is 36.4 Å². The van der Waals surface area contributed by atoms with Crippen molar-refractivity contribution < 1.29 is 14.6 Å². The Morgan fingerprint density at radius 1 is 1.50 bits per heavy atom. The molecule has 0 spiro atoms. The Kier molecular flexibility index (Phi) is 3.88. The first kappa shape index (κ1) is 10.5. The molecule has 0 amide bonds. The number of ether oxygens (including phenoxy) is 1. The van der Waals surface area contributed by atoms with E-state index in [1.807, 2.05) is 6.07 Å². The van der Waals surface area contributed by atoms with Crippen LogP contribution in [0.3, 0.4) is 0 Å². The van der Waals surface area contributed by atoms with E-state index in [-0.39, 0.29) is 6.61 Å². The van der Waals surface area contributed by atoms with Gasteiger partial charge in [-0.15, -0.1) is 6.58 Å². The molecule has 0 aliphatic carbocycles. The van der Waals surface area contributed by atoms with Crippen molar-refractivity contribution in [2.45, 2.75) is 6.10 Å². The molecule has 1 aromatic rings. The third kappa shape index (κ3) is 2.71. The summed E-state index contributed by atoms with van der Waals surface area (Å²) in [5.74, 6) is -0.988. The molecular weight excluding hydrogens is 180 g/mol. The molecule has 0 saturated carbocycles. The second-order valence-corrected chi connectivity index (χ2v) is 2.75.